The van der Waals surface area contributed by atoms with Gasteiger partial charge in [0.25, 0.3) is 0 Å². The summed E-state index contributed by atoms with van der Waals surface area (Å²) in [5.41, 5.74) is 1.42. The van der Waals surface area contributed by atoms with Crippen molar-refractivity contribution in [3.8, 4) is 0 Å². The van der Waals surface area contributed by atoms with E-state index in [1.165, 1.54) is 18.4 Å². The van der Waals surface area contributed by atoms with E-state index < -0.39 is 0 Å². The second-order valence-electron chi connectivity index (χ2n) is 4.83. The van der Waals surface area contributed by atoms with Gasteiger partial charge in [0.15, 0.2) is 0 Å². The third-order valence-electron chi connectivity index (χ3n) is 2.85. The Labute approximate surface area is 100.0 Å². The van der Waals surface area contributed by atoms with Crippen molar-refractivity contribution < 1.29 is 4.74 Å². The van der Waals surface area contributed by atoms with Crippen molar-refractivity contribution in [2.45, 2.75) is 33.6 Å². The van der Waals surface area contributed by atoms with Gasteiger partial charge in [-0.1, -0.05) is 24.6 Å². The van der Waals surface area contributed by atoms with E-state index in [1.807, 2.05) is 0 Å². The lowest BCUT2D eigenvalue weighted by Crippen LogP contribution is -2.32. The fourth-order valence-electron chi connectivity index (χ4n) is 1.73. The maximum absolute atomic E-state index is 5.31. The van der Waals surface area contributed by atoms with Gasteiger partial charge in [-0.05, 0) is 38.8 Å². The third kappa shape index (κ3) is 5.96. The standard InChI is InChI=1S/C14H25NO/c1-13(2)5-4-6-14(3)7-8-15-9-11-16-12-10-15/h5,7-8,14H,4,6,9-12H2,1-3H3/b8-7+/t14-/m0/s1. The van der Waals surface area contributed by atoms with Crippen LogP contribution >= 0.6 is 0 Å². The average Bonchev–Trinajstić information content (AvgIpc) is 2.27. The molecule has 0 radical (unpaired) electrons. The zero-order valence-corrected chi connectivity index (χ0v) is 10.9. The molecule has 2 nitrogen and oxygen atoms in total. The van der Waals surface area contributed by atoms with Crippen molar-refractivity contribution >= 4 is 0 Å². The summed E-state index contributed by atoms with van der Waals surface area (Å²) in [6.07, 6.45) is 9.32. The van der Waals surface area contributed by atoms with Crippen molar-refractivity contribution in [3.63, 3.8) is 0 Å². The molecule has 1 fully saturated rings. The van der Waals surface area contributed by atoms with Gasteiger partial charge in [0, 0.05) is 13.1 Å². The molecule has 1 saturated heterocycles. The lowest BCUT2D eigenvalue weighted by molar-refractivity contribution is 0.0591. The number of nitrogens with zero attached hydrogens (tertiary/aromatic N) is 1. The van der Waals surface area contributed by atoms with Crippen LogP contribution in [0.4, 0.5) is 0 Å². The third-order valence-corrected chi connectivity index (χ3v) is 2.85. The first-order valence-electron chi connectivity index (χ1n) is 6.32. The Bertz CT molecular complexity index is 235. The Morgan fingerprint density at radius 3 is 2.62 bits per heavy atom. The predicted octanol–water partition coefficient (Wildman–Crippen LogP) is 3.21. The summed E-state index contributed by atoms with van der Waals surface area (Å²) in [6, 6.07) is 0. The Kier molecular flexibility index (Phi) is 6.24. The molecule has 0 aromatic rings. The lowest BCUT2D eigenvalue weighted by Gasteiger charge is -2.25. The highest BCUT2D eigenvalue weighted by molar-refractivity contribution is 4.94. The number of ether oxygens (including phenoxy) is 1. The Hall–Kier alpha value is -0.760. The largest absolute Gasteiger partial charge is 0.378 e. The van der Waals surface area contributed by atoms with Gasteiger partial charge >= 0.3 is 0 Å². The molecule has 2 heteroatoms. The molecule has 92 valence electrons. The normalized spacial score (nSPS) is 18.8. The first-order valence-corrected chi connectivity index (χ1v) is 6.32. The van der Waals surface area contributed by atoms with Crippen LogP contribution in [0.15, 0.2) is 23.9 Å². The molecule has 0 unspecified atom stereocenters. The average molecular weight is 223 g/mol. The van der Waals surface area contributed by atoms with Crippen molar-refractivity contribution in [2.24, 2.45) is 5.92 Å². The predicted molar refractivity (Wildman–Crippen MR) is 69.4 cm³/mol. The molecule has 0 aromatic carbocycles. The number of morpholine rings is 1. The van der Waals surface area contributed by atoms with Gasteiger partial charge in [-0.25, -0.2) is 0 Å². The van der Waals surface area contributed by atoms with Crippen LogP contribution in [0.3, 0.4) is 0 Å². The van der Waals surface area contributed by atoms with Crippen molar-refractivity contribution in [1.29, 1.82) is 0 Å². The summed E-state index contributed by atoms with van der Waals surface area (Å²) in [7, 11) is 0. The highest BCUT2D eigenvalue weighted by Crippen LogP contribution is 2.10. The maximum atomic E-state index is 5.31. The van der Waals surface area contributed by atoms with Gasteiger partial charge < -0.3 is 9.64 Å². The molecule has 1 aliphatic heterocycles. The van der Waals surface area contributed by atoms with Crippen LogP contribution in [-0.4, -0.2) is 31.2 Å². The summed E-state index contributed by atoms with van der Waals surface area (Å²) in [5, 5.41) is 0. The summed E-state index contributed by atoms with van der Waals surface area (Å²) >= 11 is 0. The van der Waals surface area contributed by atoms with Gasteiger partial charge in [-0.3, -0.25) is 0 Å². The molecule has 1 aliphatic rings. The minimum atomic E-state index is 0.665. The molecule has 1 heterocycles. The molecule has 0 saturated carbocycles. The Morgan fingerprint density at radius 1 is 1.31 bits per heavy atom. The van der Waals surface area contributed by atoms with E-state index in [4.69, 9.17) is 4.74 Å². The molecule has 0 amide bonds. The summed E-state index contributed by atoms with van der Waals surface area (Å²) in [6.45, 7) is 10.4. The molecule has 0 spiro atoms. The zero-order valence-electron chi connectivity index (χ0n) is 10.9. The molecule has 0 N–H and O–H groups in total. The van der Waals surface area contributed by atoms with Crippen molar-refractivity contribution in [1.82, 2.24) is 4.90 Å². The minimum Gasteiger partial charge on any atom is -0.378 e. The van der Waals surface area contributed by atoms with Crippen LogP contribution in [0.5, 0.6) is 0 Å². The van der Waals surface area contributed by atoms with E-state index >= 15 is 0 Å². The maximum Gasteiger partial charge on any atom is 0.0642 e. The van der Waals surface area contributed by atoms with Gasteiger partial charge in [0.2, 0.25) is 0 Å². The quantitative estimate of drug-likeness (QED) is 0.664. The van der Waals surface area contributed by atoms with E-state index in [9.17, 15) is 0 Å². The summed E-state index contributed by atoms with van der Waals surface area (Å²) in [5.74, 6) is 0.665. The highest BCUT2D eigenvalue weighted by atomic mass is 16.5. The van der Waals surface area contributed by atoms with E-state index in [-0.39, 0.29) is 0 Å². The van der Waals surface area contributed by atoms with Gasteiger partial charge in [-0.2, -0.15) is 0 Å². The van der Waals surface area contributed by atoms with Crippen LogP contribution < -0.4 is 0 Å². The van der Waals surface area contributed by atoms with E-state index in [1.54, 1.807) is 0 Å². The van der Waals surface area contributed by atoms with Crippen LogP contribution in [-0.2, 0) is 4.74 Å². The number of hydrogen-bond donors (Lipinski definition) is 0. The molecule has 0 bridgehead atoms. The van der Waals surface area contributed by atoms with Crippen molar-refractivity contribution in [2.75, 3.05) is 26.3 Å². The van der Waals surface area contributed by atoms with E-state index in [0.29, 0.717) is 5.92 Å². The molecule has 0 aliphatic carbocycles. The topological polar surface area (TPSA) is 12.5 Å². The van der Waals surface area contributed by atoms with Crippen LogP contribution in [0.2, 0.25) is 0 Å². The molecular formula is C14H25NO. The van der Waals surface area contributed by atoms with E-state index in [2.05, 4.69) is 44.0 Å². The monoisotopic (exact) mass is 223 g/mol. The van der Waals surface area contributed by atoms with Gasteiger partial charge in [0.05, 0.1) is 13.2 Å². The number of hydrogen-bond acceptors (Lipinski definition) is 2. The molecule has 1 atom stereocenters. The van der Waals surface area contributed by atoms with Gasteiger partial charge in [0.1, 0.15) is 0 Å². The number of allylic oxidation sites excluding steroid dienone is 3. The lowest BCUT2D eigenvalue weighted by atomic mass is 10.0. The second-order valence-corrected chi connectivity index (χ2v) is 4.83. The second kappa shape index (κ2) is 7.50. The fraction of sp³-hybridized carbons (Fsp3) is 0.714. The molecule has 16 heavy (non-hydrogen) atoms. The molecular weight excluding hydrogens is 198 g/mol. The minimum absolute atomic E-state index is 0.665. The fourth-order valence-corrected chi connectivity index (χ4v) is 1.73. The zero-order chi connectivity index (χ0) is 11.8. The number of rotatable bonds is 5. The van der Waals surface area contributed by atoms with Crippen LogP contribution in [0.1, 0.15) is 33.6 Å². The summed E-state index contributed by atoms with van der Waals surface area (Å²) in [4.78, 5) is 2.35. The summed E-state index contributed by atoms with van der Waals surface area (Å²) < 4.78 is 5.31. The van der Waals surface area contributed by atoms with Gasteiger partial charge in [-0.15, -0.1) is 0 Å². The SMILES string of the molecule is CC(C)=CCC[C@H](C)/C=C/N1CCOCC1. The highest BCUT2D eigenvalue weighted by Gasteiger charge is 2.05. The molecule has 1 rings (SSSR count). The van der Waals surface area contributed by atoms with E-state index in [0.717, 1.165) is 26.3 Å². The Morgan fingerprint density at radius 2 is 2.00 bits per heavy atom. The smallest absolute Gasteiger partial charge is 0.0642 e. The molecule has 0 aromatic heterocycles. The first kappa shape index (κ1) is 13.3. The van der Waals surface area contributed by atoms with Crippen LogP contribution in [0.25, 0.3) is 0 Å². The van der Waals surface area contributed by atoms with Crippen molar-refractivity contribution in [3.05, 3.63) is 23.9 Å². The Balaban J connectivity index is 2.19. The first-order chi connectivity index (χ1) is 7.68. The van der Waals surface area contributed by atoms with Crippen LogP contribution in [0, 0.1) is 5.92 Å².